The van der Waals surface area contributed by atoms with Gasteiger partial charge in [0.15, 0.2) is 5.75 Å². The molecule has 10 nitrogen and oxygen atoms in total. The fourth-order valence-corrected chi connectivity index (χ4v) is 3.42. The number of fused-ring (bicyclic) bond motifs is 1. The molecule has 1 unspecified atom stereocenters. The van der Waals surface area contributed by atoms with Crippen molar-refractivity contribution in [3.8, 4) is 5.75 Å². The number of nitro groups is 1. The quantitative estimate of drug-likeness (QED) is 0.607. The van der Waals surface area contributed by atoms with Crippen molar-refractivity contribution >= 4 is 28.5 Å². The lowest BCUT2D eigenvalue weighted by atomic mass is 10.0. The highest BCUT2D eigenvalue weighted by molar-refractivity contribution is 6.00. The van der Waals surface area contributed by atoms with E-state index in [1.54, 1.807) is 6.20 Å². The average Bonchev–Trinajstić information content (AvgIpc) is 3.03. The van der Waals surface area contributed by atoms with Crippen LogP contribution in [0.5, 0.6) is 5.75 Å². The molecule has 2 aromatic rings. The number of hydrogen-bond acceptors (Lipinski definition) is 7. The first-order valence-corrected chi connectivity index (χ1v) is 9.12. The maximum Gasteiger partial charge on any atom is 0.407 e. The Hall–Kier alpha value is -3.04. The van der Waals surface area contributed by atoms with Gasteiger partial charge in [-0.25, -0.2) is 9.78 Å². The van der Waals surface area contributed by atoms with Gasteiger partial charge in [0.2, 0.25) is 0 Å². The number of anilines is 1. The van der Waals surface area contributed by atoms with E-state index in [0.29, 0.717) is 35.6 Å². The van der Waals surface area contributed by atoms with Gasteiger partial charge in [0.25, 0.3) is 5.69 Å². The number of pyridine rings is 1. The van der Waals surface area contributed by atoms with Crippen LogP contribution >= 0.6 is 0 Å². The second-order valence-electron chi connectivity index (χ2n) is 7.76. The summed E-state index contributed by atoms with van der Waals surface area (Å²) in [6, 6.07) is -0.144. The minimum absolute atomic E-state index is 0.0568. The van der Waals surface area contributed by atoms with Gasteiger partial charge in [0, 0.05) is 19.1 Å². The lowest BCUT2D eigenvalue weighted by Crippen LogP contribution is -2.49. The number of hydrogen-bond donors (Lipinski definition) is 2. The number of ether oxygens (including phenoxy) is 2. The zero-order valence-electron chi connectivity index (χ0n) is 16.4. The van der Waals surface area contributed by atoms with Crippen LogP contribution in [-0.4, -0.2) is 52.8 Å². The molecule has 0 radical (unpaired) electrons. The highest BCUT2D eigenvalue weighted by atomic mass is 16.6. The molecule has 1 aliphatic heterocycles. The summed E-state index contributed by atoms with van der Waals surface area (Å²) in [5.41, 5.74) is 0.393. The van der Waals surface area contributed by atoms with Crippen LogP contribution in [0.4, 0.5) is 16.2 Å². The first-order valence-electron chi connectivity index (χ1n) is 9.12. The predicted octanol–water partition coefficient (Wildman–Crippen LogP) is 2.97. The first-order chi connectivity index (χ1) is 13.2. The van der Waals surface area contributed by atoms with E-state index in [1.165, 1.54) is 13.3 Å². The van der Waals surface area contributed by atoms with Crippen LogP contribution in [0.2, 0.25) is 0 Å². The Bertz CT molecular complexity index is 888. The predicted molar refractivity (Wildman–Crippen MR) is 104 cm³/mol. The van der Waals surface area contributed by atoms with Gasteiger partial charge in [-0.15, -0.1) is 0 Å². The van der Waals surface area contributed by atoms with Gasteiger partial charge in [0.1, 0.15) is 16.6 Å². The molecule has 0 spiro atoms. The number of nitrogens with one attached hydrogen (secondary N) is 2. The average molecular weight is 391 g/mol. The summed E-state index contributed by atoms with van der Waals surface area (Å²) < 4.78 is 10.8. The van der Waals surface area contributed by atoms with E-state index in [1.807, 2.05) is 25.7 Å². The molecule has 1 atom stereocenters. The number of carbonyl (C=O) groups excluding carboxylic acids is 1. The van der Waals surface area contributed by atoms with Crippen LogP contribution in [0.15, 0.2) is 12.4 Å². The molecular formula is C18H25N5O5. The van der Waals surface area contributed by atoms with Crippen LogP contribution in [-0.2, 0) is 4.74 Å². The van der Waals surface area contributed by atoms with Crippen LogP contribution < -0.4 is 15.0 Å². The Morgan fingerprint density at radius 3 is 2.86 bits per heavy atom. The van der Waals surface area contributed by atoms with E-state index in [0.717, 1.165) is 12.8 Å². The molecule has 3 rings (SSSR count). The normalized spacial score (nSPS) is 17.4. The summed E-state index contributed by atoms with van der Waals surface area (Å²) in [5, 5.41) is 14.8. The molecule has 3 heterocycles. The number of H-pyrrole nitrogens is 1. The first kappa shape index (κ1) is 19.7. The molecule has 1 aliphatic rings. The third kappa shape index (κ3) is 4.10. The zero-order chi connectivity index (χ0) is 20.5. The third-order valence-electron chi connectivity index (χ3n) is 4.49. The van der Waals surface area contributed by atoms with Crippen molar-refractivity contribution in [3.63, 3.8) is 0 Å². The number of nitrogens with zero attached hydrogens (tertiary/aromatic N) is 3. The number of aromatic amines is 1. The van der Waals surface area contributed by atoms with E-state index in [4.69, 9.17) is 9.47 Å². The van der Waals surface area contributed by atoms with E-state index >= 15 is 0 Å². The summed E-state index contributed by atoms with van der Waals surface area (Å²) in [6.07, 6.45) is 4.01. The summed E-state index contributed by atoms with van der Waals surface area (Å²) in [4.78, 5) is 32.2. The van der Waals surface area contributed by atoms with E-state index < -0.39 is 16.6 Å². The van der Waals surface area contributed by atoms with Crippen molar-refractivity contribution in [2.75, 3.05) is 25.1 Å². The molecule has 1 fully saturated rings. The molecule has 0 bridgehead atoms. The fraction of sp³-hybridized carbons (Fsp3) is 0.556. The topological polar surface area (TPSA) is 123 Å². The van der Waals surface area contributed by atoms with Crippen molar-refractivity contribution < 1.29 is 19.2 Å². The summed E-state index contributed by atoms with van der Waals surface area (Å²) in [5.74, 6) is 0.452. The molecular weight excluding hydrogens is 366 g/mol. The van der Waals surface area contributed by atoms with Crippen molar-refractivity contribution in [2.24, 2.45) is 0 Å². The van der Waals surface area contributed by atoms with Crippen LogP contribution in [0.1, 0.15) is 33.6 Å². The van der Waals surface area contributed by atoms with Crippen molar-refractivity contribution in [1.29, 1.82) is 0 Å². The highest BCUT2D eigenvalue weighted by Crippen LogP contribution is 2.40. The Morgan fingerprint density at radius 2 is 2.21 bits per heavy atom. The highest BCUT2D eigenvalue weighted by Gasteiger charge is 2.30. The summed E-state index contributed by atoms with van der Waals surface area (Å²) >= 11 is 0. The van der Waals surface area contributed by atoms with Crippen LogP contribution in [0, 0.1) is 10.1 Å². The molecule has 1 amide bonds. The molecule has 2 aromatic heterocycles. The fourth-order valence-electron chi connectivity index (χ4n) is 3.42. The molecule has 2 N–H and O–H groups in total. The maximum atomic E-state index is 12.1. The molecule has 0 saturated carbocycles. The Kier molecular flexibility index (Phi) is 5.30. The Labute approximate surface area is 162 Å². The number of methoxy groups -OCH3 is 1. The van der Waals surface area contributed by atoms with E-state index in [9.17, 15) is 14.9 Å². The Morgan fingerprint density at radius 1 is 1.46 bits per heavy atom. The van der Waals surface area contributed by atoms with Crippen molar-refractivity contribution in [1.82, 2.24) is 15.3 Å². The van der Waals surface area contributed by atoms with E-state index in [2.05, 4.69) is 15.3 Å². The van der Waals surface area contributed by atoms with E-state index in [-0.39, 0.29) is 11.7 Å². The van der Waals surface area contributed by atoms with Gasteiger partial charge in [-0.3, -0.25) is 10.1 Å². The molecule has 0 aliphatic carbocycles. The minimum Gasteiger partial charge on any atom is -0.493 e. The lowest BCUT2D eigenvalue weighted by molar-refractivity contribution is -0.383. The molecule has 1 saturated heterocycles. The number of aromatic nitrogens is 2. The van der Waals surface area contributed by atoms with Gasteiger partial charge < -0.3 is 24.7 Å². The third-order valence-corrected chi connectivity index (χ3v) is 4.49. The molecule has 10 heteroatoms. The number of alkyl carbamates (subject to hydrolysis) is 1. The summed E-state index contributed by atoms with van der Waals surface area (Å²) in [7, 11) is 1.51. The van der Waals surface area contributed by atoms with Gasteiger partial charge >= 0.3 is 6.09 Å². The lowest BCUT2D eigenvalue weighted by Gasteiger charge is -2.35. The van der Waals surface area contributed by atoms with Crippen molar-refractivity contribution in [2.45, 2.75) is 45.3 Å². The molecule has 0 aromatic carbocycles. The van der Waals surface area contributed by atoms with Gasteiger partial charge in [0.05, 0.1) is 30.1 Å². The second kappa shape index (κ2) is 7.53. The molecule has 28 heavy (non-hydrogen) atoms. The minimum atomic E-state index is -0.579. The monoisotopic (exact) mass is 391 g/mol. The van der Waals surface area contributed by atoms with Crippen LogP contribution in [0.3, 0.4) is 0 Å². The number of rotatable bonds is 4. The number of carbonyl (C=O) groups is 1. The smallest absolute Gasteiger partial charge is 0.407 e. The zero-order valence-corrected chi connectivity index (χ0v) is 16.4. The largest absolute Gasteiger partial charge is 0.493 e. The van der Waals surface area contributed by atoms with Gasteiger partial charge in [-0.05, 0) is 33.6 Å². The number of piperidine rings is 1. The summed E-state index contributed by atoms with van der Waals surface area (Å²) in [6.45, 7) is 6.59. The van der Waals surface area contributed by atoms with Gasteiger partial charge in [-0.1, -0.05) is 0 Å². The number of amides is 1. The second-order valence-corrected chi connectivity index (χ2v) is 7.76. The molecule has 152 valence electrons. The van der Waals surface area contributed by atoms with Crippen LogP contribution in [0.25, 0.3) is 11.0 Å². The van der Waals surface area contributed by atoms with Gasteiger partial charge in [-0.2, -0.15) is 0 Å². The maximum absolute atomic E-state index is 12.1. The SMILES string of the molecule is COc1cnc2[nH]cc([N+](=O)[O-])c2c1N1CCCC(NC(=O)OC(C)(C)C)C1. The standard InChI is InChI=1S/C18H25N5O5/c1-18(2,3)28-17(24)21-11-6-5-7-22(10-11)15-13(27-4)9-20-16-14(15)12(8-19-16)23(25)26/h8-9,11H,5-7,10H2,1-4H3,(H,19,20)(H,21,24). The van der Waals surface area contributed by atoms with Crippen molar-refractivity contribution in [3.05, 3.63) is 22.5 Å². The Balaban J connectivity index is 1.90.